The molecule has 34 heavy (non-hydrogen) atoms. The lowest BCUT2D eigenvalue weighted by atomic mass is 9.56. The monoisotopic (exact) mass is 468 g/mol. The molecule has 3 aliphatic rings. The maximum absolute atomic E-state index is 13.5. The minimum Gasteiger partial charge on any atom is -0.511 e. The van der Waals surface area contributed by atoms with Gasteiger partial charge in [-0.25, -0.2) is 0 Å². The van der Waals surface area contributed by atoms with Crippen molar-refractivity contribution in [1.29, 1.82) is 0 Å². The summed E-state index contributed by atoms with van der Waals surface area (Å²) in [7, 11) is 1.56. The number of fused-ring (bicyclic) bond motifs is 3. The van der Waals surface area contributed by atoms with Crippen LogP contribution >= 0.6 is 0 Å². The number of amides is 1. The van der Waals surface area contributed by atoms with Gasteiger partial charge < -0.3 is 31.3 Å². The molecule has 178 valence electrons. The van der Waals surface area contributed by atoms with E-state index in [-0.39, 0.29) is 11.3 Å². The van der Waals surface area contributed by atoms with Gasteiger partial charge in [0.05, 0.1) is 11.7 Å². The van der Waals surface area contributed by atoms with E-state index in [1.54, 1.807) is 32.2 Å². The molecule has 1 amide bonds. The first-order valence-corrected chi connectivity index (χ1v) is 10.6. The number of aromatic hydroxyl groups is 1. The molecule has 10 heteroatoms. The number of aliphatic hydroxyl groups excluding tert-OH is 3. The number of phenols is 1. The van der Waals surface area contributed by atoms with Gasteiger partial charge in [0.25, 0.3) is 5.91 Å². The lowest BCUT2D eigenvalue weighted by molar-refractivity contribution is -0.154. The van der Waals surface area contributed by atoms with E-state index >= 15 is 0 Å². The lowest BCUT2D eigenvalue weighted by Crippen LogP contribution is -2.62. The van der Waals surface area contributed by atoms with Crippen molar-refractivity contribution in [3.05, 3.63) is 57.6 Å². The summed E-state index contributed by atoms with van der Waals surface area (Å²) in [6.07, 6.45) is 2.50. The number of hydrogen-bond donors (Lipinski definition) is 6. The summed E-state index contributed by atoms with van der Waals surface area (Å²) in [5, 5.41) is 54.6. The van der Waals surface area contributed by atoms with Gasteiger partial charge in [0.15, 0.2) is 11.4 Å². The Balaban J connectivity index is 1.95. The van der Waals surface area contributed by atoms with Crippen LogP contribution in [0.25, 0.3) is 6.08 Å². The predicted octanol–water partition coefficient (Wildman–Crippen LogP) is 0.826. The standard InChI is InChI=1S/C24H24N2O8/c1-9-11-6-5-10(4-3-7-26-2)18(28)15(11)20(30)17-14(9)19(29)12-8-13(27)16(23(25)33)21(31)24(12,34)22(17)32/h3-7,9,12,14,19,27-29,32,34H,8H2,1-2H3,(H2,25,33)/b4-3+,26-7-/t9-,12+,14+,19+,24+/m0/s1. The van der Waals surface area contributed by atoms with E-state index in [0.29, 0.717) is 11.1 Å². The highest BCUT2D eigenvalue weighted by Crippen LogP contribution is 2.55. The molecule has 0 aliphatic heterocycles. The Morgan fingerprint density at radius 2 is 1.91 bits per heavy atom. The molecule has 0 fully saturated rings. The van der Waals surface area contributed by atoms with E-state index in [1.807, 2.05) is 0 Å². The summed E-state index contributed by atoms with van der Waals surface area (Å²) < 4.78 is 0. The smallest absolute Gasteiger partial charge is 0.255 e. The van der Waals surface area contributed by atoms with Crippen LogP contribution in [0, 0.1) is 11.8 Å². The fraction of sp³-hybridized carbons (Fsp3) is 0.333. The van der Waals surface area contributed by atoms with Crippen LogP contribution in [0.2, 0.25) is 0 Å². The van der Waals surface area contributed by atoms with Gasteiger partial charge in [0.1, 0.15) is 22.8 Å². The van der Waals surface area contributed by atoms with Crippen LogP contribution in [0.3, 0.4) is 0 Å². The Morgan fingerprint density at radius 1 is 1.24 bits per heavy atom. The topological polar surface area (TPSA) is 191 Å². The molecule has 5 atom stereocenters. The molecular weight excluding hydrogens is 444 g/mol. The lowest BCUT2D eigenvalue weighted by Gasteiger charge is -2.50. The first-order valence-electron chi connectivity index (χ1n) is 10.6. The third-order valence-electron chi connectivity index (χ3n) is 7.04. The number of ketones is 2. The van der Waals surface area contributed by atoms with Crippen LogP contribution in [0.1, 0.15) is 40.7 Å². The van der Waals surface area contributed by atoms with E-state index in [0.717, 1.165) is 0 Å². The molecule has 0 saturated carbocycles. The summed E-state index contributed by atoms with van der Waals surface area (Å²) in [6, 6.07) is 3.21. The highest BCUT2D eigenvalue weighted by atomic mass is 16.4. The molecule has 0 aromatic heterocycles. The van der Waals surface area contributed by atoms with Crippen molar-refractivity contribution in [3.63, 3.8) is 0 Å². The quantitative estimate of drug-likeness (QED) is 0.277. The Morgan fingerprint density at radius 3 is 2.53 bits per heavy atom. The molecule has 0 bridgehead atoms. The average Bonchev–Trinajstić information content (AvgIpc) is 2.77. The van der Waals surface area contributed by atoms with Gasteiger partial charge in [-0.1, -0.05) is 19.1 Å². The first-order chi connectivity index (χ1) is 16.0. The van der Waals surface area contributed by atoms with Gasteiger partial charge in [-0.2, -0.15) is 0 Å². The number of primary amides is 1. The summed E-state index contributed by atoms with van der Waals surface area (Å²) >= 11 is 0. The second kappa shape index (κ2) is 7.93. The SMILES string of the molecule is C/N=C\C=C\c1ccc2c(c1O)C(=O)C1=C(O)[C@]3(O)C(=O)C(C(N)=O)=C(O)C[C@@H]3[C@@H](O)[C@@H]1[C@H]2C. The van der Waals surface area contributed by atoms with Crippen molar-refractivity contribution in [1.82, 2.24) is 0 Å². The number of carbonyl (C=O) groups excluding carboxylic acids is 3. The minimum absolute atomic E-state index is 0.132. The van der Waals surface area contributed by atoms with Crippen molar-refractivity contribution in [2.75, 3.05) is 7.05 Å². The third kappa shape index (κ3) is 2.95. The molecule has 7 N–H and O–H groups in total. The number of nitrogens with zero attached hydrogens (tertiary/aromatic N) is 1. The van der Waals surface area contributed by atoms with Gasteiger partial charge in [-0.3, -0.25) is 19.4 Å². The van der Waals surface area contributed by atoms with Crippen molar-refractivity contribution in [2.24, 2.45) is 22.6 Å². The zero-order valence-electron chi connectivity index (χ0n) is 18.4. The fourth-order valence-electron chi connectivity index (χ4n) is 5.38. The number of nitrogens with two attached hydrogens (primary N) is 1. The molecule has 4 rings (SSSR count). The number of benzene rings is 1. The van der Waals surface area contributed by atoms with Gasteiger partial charge in [0, 0.05) is 42.7 Å². The van der Waals surface area contributed by atoms with Crippen LogP contribution in [-0.2, 0) is 9.59 Å². The third-order valence-corrected chi connectivity index (χ3v) is 7.04. The van der Waals surface area contributed by atoms with Crippen molar-refractivity contribution in [3.8, 4) is 5.75 Å². The maximum Gasteiger partial charge on any atom is 0.255 e. The van der Waals surface area contributed by atoms with E-state index in [9.17, 15) is 39.9 Å². The van der Waals surface area contributed by atoms with Gasteiger partial charge >= 0.3 is 0 Å². The van der Waals surface area contributed by atoms with E-state index in [4.69, 9.17) is 5.73 Å². The fourth-order valence-corrected chi connectivity index (χ4v) is 5.38. The second-order valence-electron chi connectivity index (χ2n) is 8.72. The number of rotatable bonds is 3. The Labute approximate surface area is 194 Å². The molecule has 0 saturated heterocycles. The van der Waals surface area contributed by atoms with E-state index in [2.05, 4.69) is 4.99 Å². The number of allylic oxidation sites excluding steroid dienone is 2. The average molecular weight is 468 g/mol. The summed E-state index contributed by atoms with van der Waals surface area (Å²) in [6.45, 7) is 1.67. The highest BCUT2D eigenvalue weighted by Gasteiger charge is 2.64. The Hall–Kier alpha value is -3.76. The van der Waals surface area contributed by atoms with Crippen LogP contribution in [-0.4, -0.2) is 68.0 Å². The normalized spacial score (nSPS) is 31.2. The molecule has 3 aliphatic carbocycles. The summed E-state index contributed by atoms with van der Waals surface area (Å²) in [4.78, 5) is 42.1. The molecule has 0 spiro atoms. The molecular formula is C24H24N2O8. The maximum atomic E-state index is 13.5. The van der Waals surface area contributed by atoms with Gasteiger partial charge in [-0.05, 0) is 23.6 Å². The number of carbonyl (C=O) groups is 3. The van der Waals surface area contributed by atoms with E-state index < -0.39 is 76.0 Å². The Bertz CT molecular complexity index is 1260. The number of Topliss-reactive ketones (excluding diaryl/α,β-unsaturated/α-hetero) is 2. The van der Waals surface area contributed by atoms with Crippen LogP contribution in [0.4, 0.5) is 0 Å². The summed E-state index contributed by atoms with van der Waals surface area (Å²) in [5.41, 5.74) is 1.57. The number of aliphatic hydroxyl groups is 4. The van der Waals surface area contributed by atoms with Crippen LogP contribution in [0.5, 0.6) is 5.75 Å². The molecule has 1 aromatic carbocycles. The Kier molecular flexibility index (Phi) is 5.46. The number of hydrogen-bond acceptors (Lipinski definition) is 9. The number of phenolic OH excluding ortho intramolecular Hbond substituents is 1. The highest BCUT2D eigenvalue weighted by molar-refractivity contribution is 6.24. The van der Waals surface area contributed by atoms with Crippen molar-refractivity contribution < 1.29 is 39.9 Å². The molecule has 0 unspecified atom stereocenters. The van der Waals surface area contributed by atoms with Crippen molar-refractivity contribution >= 4 is 29.8 Å². The largest absolute Gasteiger partial charge is 0.511 e. The molecule has 0 radical (unpaired) electrons. The summed E-state index contributed by atoms with van der Waals surface area (Å²) in [5.74, 6) is -8.79. The first kappa shape index (κ1) is 23.4. The van der Waals surface area contributed by atoms with Crippen molar-refractivity contribution in [2.45, 2.75) is 31.0 Å². The number of aliphatic imine (C=N–C) groups is 1. The van der Waals surface area contributed by atoms with Gasteiger partial charge in [0.2, 0.25) is 5.78 Å². The minimum atomic E-state index is -2.85. The van der Waals surface area contributed by atoms with Gasteiger partial charge in [-0.15, -0.1) is 0 Å². The zero-order chi connectivity index (χ0) is 25.1. The van der Waals surface area contributed by atoms with Crippen LogP contribution in [0.15, 0.2) is 45.9 Å². The molecule has 0 heterocycles. The zero-order valence-corrected chi connectivity index (χ0v) is 18.4. The van der Waals surface area contributed by atoms with Crippen LogP contribution < -0.4 is 5.73 Å². The second-order valence-corrected chi connectivity index (χ2v) is 8.72. The van der Waals surface area contributed by atoms with E-state index in [1.165, 1.54) is 12.3 Å². The molecule has 10 nitrogen and oxygen atoms in total. The molecule has 1 aromatic rings. The predicted molar refractivity (Wildman–Crippen MR) is 120 cm³/mol.